The summed E-state index contributed by atoms with van der Waals surface area (Å²) in [4.78, 5) is 12.7. The molecule has 0 radical (unpaired) electrons. The Hall–Kier alpha value is -1.72. The van der Waals surface area contributed by atoms with Crippen LogP contribution < -0.4 is 4.74 Å². The summed E-state index contributed by atoms with van der Waals surface area (Å²) in [5.74, 6) is 1.14. The number of pyridine rings is 1. The summed E-state index contributed by atoms with van der Waals surface area (Å²) in [7, 11) is 3.16. The first-order valence-electron chi connectivity index (χ1n) is 5.26. The minimum atomic E-state index is 0.294. The van der Waals surface area contributed by atoms with E-state index in [4.69, 9.17) is 21.1 Å². The molecule has 18 heavy (non-hydrogen) atoms. The van der Waals surface area contributed by atoms with Gasteiger partial charge in [0.2, 0.25) is 0 Å². The molecule has 5 nitrogen and oxygen atoms in total. The van der Waals surface area contributed by atoms with Crippen LogP contribution in [-0.2, 0) is 11.3 Å². The van der Waals surface area contributed by atoms with Crippen LogP contribution in [0, 0.1) is 0 Å². The molecule has 0 fully saturated rings. The number of rotatable bonds is 4. The van der Waals surface area contributed by atoms with Gasteiger partial charge in [-0.3, -0.25) is 4.98 Å². The first-order chi connectivity index (χ1) is 8.74. The molecule has 94 valence electrons. The van der Waals surface area contributed by atoms with E-state index < -0.39 is 0 Å². The van der Waals surface area contributed by atoms with Gasteiger partial charge in [0, 0.05) is 19.4 Å². The molecule has 0 aromatic carbocycles. The molecule has 0 N–H and O–H groups in total. The molecule has 0 aliphatic heterocycles. The fourth-order valence-corrected chi connectivity index (χ4v) is 1.73. The summed E-state index contributed by atoms with van der Waals surface area (Å²) in [5.41, 5.74) is 1.24. The Labute approximate surface area is 110 Å². The zero-order valence-corrected chi connectivity index (χ0v) is 10.8. The Bertz CT molecular complexity index is 549. The molecule has 2 heterocycles. The molecule has 0 bridgehead atoms. The number of hydrogen-bond donors (Lipinski definition) is 0. The van der Waals surface area contributed by atoms with Crippen molar-refractivity contribution in [3.63, 3.8) is 0 Å². The Kier molecular flexibility index (Phi) is 4.07. The van der Waals surface area contributed by atoms with Crippen LogP contribution in [0.2, 0.25) is 5.15 Å². The number of nitrogens with zero attached hydrogens (tertiary/aromatic N) is 3. The van der Waals surface area contributed by atoms with Crippen molar-refractivity contribution >= 4 is 11.6 Å². The third kappa shape index (κ3) is 2.75. The van der Waals surface area contributed by atoms with Gasteiger partial charge in [0.05, 0.1) is 12.8 Å². The minimum absolute atomic E-state index is 0.294. The van der Waals surface area contributed by atoms with Gasteiger partial charge in [-0.2, -0.15) is 0 Å². The lowest BCUT2D eigenvalue weighted by Crippen LogP contribution is -2.00. The van der Waals surface area contributed by atoms with E-state index in [0.717, 1.165) is 0 Å². The number of methoxy groups -OCH3 is 2. The van der Waals surface area contributed by atoms with E-state index in [1.165, 1.54) is 0 Å². The third-order valence-corrected chi connectivity index (χ3v) is 2.44. The number of ether oxygens (including phenoxy) is 2. The average Bonchev–Trinajstić information content (AvgIpc) is 2.38. The maximum Gasteiger partial charge on any atom is 0.156 e. The second-order valence-corrected chi connectivity index (χ2v) is 3.87. The Morgan fingerprint density at radius 1 is 1.28 bits per heavy atom. The zero-order chi connectivity index (χ0) is 13.0. The molecular weight excluding hydrogens is 254 g/mol. The van der Waals surface area contributed by atoms with Gasteiger partial charge in [0.1, 0.15) is 23.2 Å². The van der Waals surface area contributed by atoms with Crippen molar-refractivity contribution < 1.29 is 9.47 Å². The fourth-order valence-electron chi connectivity index (χ4n) is 1.53. The van der Waals surface area contributed by atoms with E-state index in [-0.39, 0.29) is 0 Å². The maximum absolute atomic E-state index is 5.96. The highest BCUT2D eigenvalue weighted by molar-refractivity contribution is 6.29. The molecule has 0 saturated heterocycles. The quantitative estimate of drug-likeness (QED) is 0.794. The van der Waals surface area contributed by atoms with Gasteiger partial charge in [-0.05, 0) is 12.1 Å². The van der Waals surface area contributed by atoms with Crippen molar-refractivity contribution in [3.05, 3.63) is 35.4 Å². The lowest BCUT2D eigenvalue weighted by atomic mass is 10.2. The smallest absolute Gasteiger partial charge is 0.156 e. The number of hydrogen-bond acceptors (Lipinski definition) is 5. The molecule has 0 unspecified atom stereocenters. The largest absolute Gasteiger partial charge is 0.494 e. The lowest BCUT2D eigenvalue weighted by Gasteiger charge is -2.08. The molecule has 0 saturated carbocycles. The van der Waals surface area contributed by atoms with Crippen molar-refractivity contribution in [1.29, 1.82) is 0 Å². The van der Waals surface area contributed by atoms with Crippen LogP contribution in [0.15, 0.2) is 24.4 Å². The van der Waals surface area contributed by atoms with Gasteiger partial charge in [0.15, 0.2) is 5.82 Å². The van der Waals surface area contributed by atoms with Gasteiger partial charge < -0.3 is 9.47 Å². The summed E-state index contributed by atoms with van der Waals surface area (Å²) < 4.78 is 10.2. The van der Waals surface area contributed by atoms with Gasteiger partial charge in [-0.15, -0.1) is 0 Å². The molecule has 2 aromatic heterocycles. The highest BCUT2D eigenvalue weighted by atomic mass is 35.5. The summed E-state index contributed by atoms with van der Waals surface area (Å²) in [6.07, 6.45) is 1.67. The fraction of sp³-hybridized carbons (Fsp3) is 0.250. The molecule has 0 aliphatic rings. The first-order valence-corrected chi connectivity index (χ1v) is 5.64. The molecule has 2 rings (SSSR count). The highest BCUT2D eigenvalue weighted by Crippen LogP contribution is 2.26. The van der Waals surface area contributed by atoms with E-state index in [1.807, 2.05) is 6.07 Å². The zero-order valence-electron chi connectivity index (χ0n) is 10.1. The summed E-state index contributed by atoms with van der Waals surface area (Å²) in [5, 5.41) is 0.347. The Morgan fingerprint density at radius 3 is 2.83 bits per heavy atom. The predicted octanol–water partition coefficient (Wildman–Crippen LogP) is 2.35. The van der Waals surface area contributed by atoms with Crippen molar-refractivity contribution in [2.45, 2.75) is 6.61 Å². The van der Waals surface area contributed by atoms with Crippen LogP contribution in [0.4, 0.5) is 0 Å². The summed E-state index contributed by atoms with van der Waals surface area (Å²) in [6.45, 7) is 0.294. The van der Waals surface area contributed by atoms with Gasteiger partial charge in [-0.25, -0.2) is 9.97 Å². The van der Waals surface area contributed by atoms with Gasteiger partial charge in [0.25, 0.3) is 0 Å². The van der Waals surface area contributed by atoms with Gasteiger partial charge >= 0.3 is 0 Å². The third-order valence-electron chi connectivity index (χ3n) is 2.25. The summed E-state index contributed by atoms with van der Waals surface area (Å²) in [6, 6.07) is 5.25. The molecule has 0 spiro atoms. The second-order valence-electron chi connectivity index (χ2n) is 3.48. The Balaban J connectivity index is 2.49. The molecule has 2 aromatic rings. The monoisotopic (exact) mass is 265 g/mol. The molecule has 6 heteroatoms. The van der Waals surface area contributed by atoms with Crippen molar-refractivity contribution in [3.8, 4) is 17.1 Å². The Morgan fingerprint density at radius 2 is 2.11 bits per heavy atom. The van der Waals surface area contributed by atoms with E-state index in [0.29, 0.717) is 34.7 Å². The highest BCUT2D eigenvalue weighted by Gasteiger charge is 2.11. The van der Waals surface area contributed by atoms with E-state index in [1.54, 1.807) is 32.5 Å². The minimum Gasteiger partial charge on any atom is -0.494 e. The van der Waals surface area contributed by atoms with Crippen molar-refractivity contribution in [2.75, 3.05) is 14.2 Å². The van der Waals surface area contributed by atoms with E-state index >= 15 is 0 Å². The van der Waals surface area contributed by atoms with E-state index in [2.05, 4.69) is 15.0 Å². The number of halogens is 1. The molecule has 0 aliphatic carbocycles. The van der Waals surface area contributed by atoms with Crippen LogP contribution in [0.5, 0.6) is 5.75 Å². The number of aromatic nitrogens is 3. The molecule has 0 atom stereocenters. The van der Waals surface area contributed by atoms with Crippen molar-refractivity contribution in [2.24, 2.45) is 0 Å². The predicted molar refractivity (Wildman–Crippen MR) is 67.5 cm³/mol. The lowest BCUT2D eigenvalue weighted by molar-refractivity contribution is 0.178. The van der Waals surface area contributed by atoms with Crippen LogP contribution in [0.25, 0.3) is 11.4 Å². The standard InChI is InChI=1S/C12H12ClN3O2/c1-17-7-11-15-8(6-10(13)16-11)12-9(18-2)4-3-5-14-12/h3-6H,7H2,1-2H3. The van der Waals surface area contributed by atoms with Crippen LogP contribution >= 0.6 is 11.6 Å². The maximum atomic E-state index is 5.96. The average molecular weight is 266 g/mol. The molecule has 0 amide bonds. The van der Waals surface area contributed by atoms with Crippen LogP contribution in [0.1, 0.15) is 5.82 Å². The normalized spacial score (nSPS) is 10.4. The first kappa shape index (κ1) is 12.7. The summed E-state index contributed by atoms with van der Waals surface area (Å²) >= 11 is 5.96. The topological polar surface area (TPSA) is 57.1 Å². The van der Waals surface area contributed by atoms with E-state index in [9.17, 15) is 0 Å². The second kappa shape index (κ2) is 5.75. The van der Waals surface area contributed by atoms with Crippen LogP contribution in [0.3, 0.4) is 0 Å². The van der Waals surface area contributed by atoms with Crippen molar-refractivity contribution in [1.82, 2.24) is 15.0 Å². The van der Waals surface area contributed by atoms with Crippen LogP contribution in [-0.4, -0.2) is 29.2 Å². The SMILES string of the molecule is COCc1nc(Cl)cc(-c2ncccc2OC)n1. The molecular formula is C12H12ClN3O2. The van der Waals surface area contributed by atoms with Gasteiger partial charge in [-0.1, -0.05) is 11.6 Å².